The first-order valence-corrected chi connectivity index (χ1v) is 8.13. The van der Waals surface area contributed by atoms with Crippen molar-refractivity contribution in [2.24, 2.45) is 5.92 Å². The van der Waals surface area contributed by atoms with E-state index >= 15 is 0 Å². The second-order valence-corrected chi connectivity index (χ2v) is 6.68. The Kier molecular flexibility index (Phi) is 6.27. The molecule has 1 aromatic heterocycles. The smallest absolute Gasteiger partial charge is 0.120 e. The van der Waals surface area contributed by atoms with Gasteiger partial charge in [0.2, 0.25) is 0 Å². The number of ether oxygens (including phenoxy) is 1. The summed E-state index contributed by atoms with van der Waals surface area (Å²) < 4.78 is 11.7. The van der Waals surface area contributed by atoms with Crippen molar-refractivity contribution >= 4 is 0 Å². The molecule has 1 aliphatic rings. The molecule has 0 bridgehead atoms. The summed E-state index contributed by atoms with van der Waals surface area (Å²) in [5, 5.41) is 3.44. The average molecular weight is 294 g/mol. The van der Waals surface area contributed by atoms with Gasteiger partial charge in [-0.1, -0.05) is 13.8 Å². The Morgan fingerprint density at radius 3 is 2.90 bits per heavy atom. The van der Waals surface area contributed by atoms with Crippen LogP contribution in [0.25, 0.3) is 0 Å². The van der Waals surface area contributed by atoms with E-state index in [0.29, 0.717) is 12.0 Å². The summed E-state index contributed by atoms with van der Waals surface area (Å²) >= 11 is 0. The van der Waals surface area contributed by atoms with Crippen LogP contribution >= 0.6 is 0 Å². The van der Waals surface area contributed by atoms with Crippen LogP contribution in [0.5, 0.6) is 0 Å². The van der Waals surface area contributed by atoms with Gasteiger partial charge in [-0.25, -0.2) is 0 Å². The lowest BCUT2D eigenvalue weighted by Gasteiger charge is -2.19. The van der Waals surface area contributed by atoms with E-state index in [0.717, 1.165) is 44.3 Å². The molecule has 1 aromatic rings. The van der Waals surface area contributed by atoms with Crippen molar-refractivity contribution in [3.8, 4) is 0 Å². The van der Waals surface area contributed by atoms with E-state index in [9.17, 15) is 0 Å². The molecule has 0 spiro atoms. The quantitative estimate of drug-likeness (QED) is 0.800. The highest BCUT2D eigenvalue weighted by atomic mass is 16.5. The molecule has 21 heavy (non-hydrogen) atoms. The third-order valence-corrected chi connectivity index (χ3v) is 3.87. The Bertz CT molecular complexity index is 422. The van der Waals surface area contributed by atoms with Crippen LogP contribution in [0.4, 0.5) is 0 Å². The minimum Gasteiger partial charge on any atom is -0.463 e. The van der Waals surface area contributed by atoms with Crippen LogP contribution in [0, 0.1) is 12.8 Å². The van der Waals surface area contributed by atoms with Gasteiger partial charge in [-0.2, -0.15) is 0 Å². The van der Waals surface area contributed by atoms with Crippen molar-refractivity contribution in [3.63, 3.8) is 0 Å². The van der Waals surface area contributed by atoms with Gasteiger partial charge in [0.1, 0.15) is 11.5 Å². The molecular weight excluding hydrogens is 264 g/mol. The molecule has 1 N–H and O–H groups in total. The topological polar surface area (TPSA) is 37.6 Å². The molecule has 1 atom stereocenters. The first kappa shape index (κ1) is 16.5. The normalized spacial score (nSPS) is 19.0. The summed E-state index contributed by atoms with van der Waals surface area (Å²) in [6.07, 6.45) is 2.79. The van der Waals surface area contributed by atoms with E-state index in [4.69, 9.17) is 9.15 Å². The van der Waals surface area contributed by atoms with Crippen LogP contribution in [0.15, 0.2) is 10.5 Å². The fraction of sp³-hybridized carbons (Fsp3) is 0.765. The van der Waals surface area contributed by atoms with Gasteiger partial charge in [-0.3, -0.25) is 4.90 Å². The maximum atomic E-state index is 5.99. The maximum absolute atomic E-state index is 5.99. The van der Waals surface area contributed by atoms with Crippen molar-refractivity contribution in [1.82, 2.24) is 10.2 Å². The molecule has 0 saturated carbocycles. The predicted molar refractivity (Wildman–Crippen MR) is 85.3 cm³/mol. The first-order valence-electron chi connectivity index (χ1n) is 8.13. The lowest BCUT2D eigenvalue weighted by molar-refractivity contribution is 0.0773. The van der Waals surface area contributed by atoms with Gasteiger partial charge in [-0.15, -0.1) is 0 Å². The Hall–Kier alpha value is -0.840. The molecule has 0 aromatic carbocycles. The number of nitrogens with zero attached hydrogens (tertiary/aromatic N) is 1. The van der Waals surface area contributed by atoms with E-state index in [2.05, 4.69) is 44.1 Å². The van der Waals surface area contributed by atoms with E-state index in [1.165, 1.54) is 18.4 Å². The minimum absolute atomic E-state index is 0.401. The van der Waals surface area contributed by atoms with Crippen molar-refractivity contribution in [3.05, 3.63) is 23.2 Å². The Morgan fingerprint density at radius 2 is 2.24 bits per heavy atom. The summed E-state index contributed by atoms with van der Waals surface area (Å²) in [5.41, 5.74) is 1.24. The molecule has 2 heterocycles. The number of nitrogens with one attached hydrogen (secondary N) is 1. The van der Waals surface area contributed by atoms with Gasteiger partial charge < -0.3 is 14.5 Å². The van der Waals surface area contributed by atoms with Crippen LogP contribution in [0.2, 0.25) is 0 Å². The highest BCUT2D eigenvalue weighted by Crippen LogP contribution is 2.18. The molecule has 1 unspecified atom stereocenters. The average Bonchev–Trinajstić information content (AvgIpc) is 3.00. The Labute approximate surface area is 128 Å². The van der Waals surface area contributed by atoms with Gasteiger partial charge in [0.25, 0.3) is 0 Å². The third kappa shape index (κ3) is 5.46. The van der Waals surface area contributed by atoms with Gasteiger partial charge in [0.05, 0.1) is 19.2 Å². The zero-order valence-corrected chi connectivity index (χ0v) is 13.9. The standard InChI is InChI=1S/C17H30N2O2/c1-13(2)9-18-10-17-14(3)8-16(21-17)12-19(4)11-15-6-5-7-20-15/h8,13,15,18H,5-7,9-12H2,1-4H3. The summed E-state index contributed by atoms with van der Waals surface area (Å²) in [6, 6.07) is 2.17. The molecule has 0 amide bonds. The minimum atomic E-state index is 0.401. The van der Waals surface area contributed by atoms with Crippen molar-refractivity contribution < 1.29 is 9.15 Å². The predicted octanol–water partition coefficient (Wildman–Crippen LogP) is 2.94. The van der Waals surface area contributed by atoms with Gasteiger partial charge in [0.15, 0.2) is 0 Å². The van der Waals surface area contributed by atoms with Crippen molar-refractivity contribution in [2.45, 2.75) is 52.8 Å². The zero-order valence-electron chi connectivity index (χ0n) is 13.9. The van der Waals surface area contributed by atoms with Crippen LogP contribution in [-0.4, -0.2) is 37.7 Å². The van der Waals surface area contributed by atoms with Crippen LogP contribution < -0.4 is 5.32 Å². The molecular formula is C17H30N2O2. The largest absolute Gasteiger partial charge is 0.463 e. The number of rotatable bonds is 8. The van der Waals surface area contributed by atoms with Gasteiger partial charge >= 0.3 is 0 Å². The molecule has 4 nitrogen and oxygen atoms in total. The van der Waals surface area contributed by atoms with Crippen LogP contribution in [-0.2, 0) is 17.8 Å². The maximum Gasteiger partial charge on any atom is 0.120 e. The lowest BCUT2D eigenvalue weighted by atomic mass is 10.2. The molecule has 0 radical (unpaired) electrons. The van der Waals surface area contributed by atoms with Crippen molar-refractivity contribution in [2.75, 3.05) is 26.7 Å². The molecule has 0 aliphatic carbocycles. The lowest BCUT2D eigenvalue weighted by Crippen LogP contribution is -2.28. The van der Waals surface area contributed by atoms with Gasteiger partial charge in [-0.05, 0) is 50.9 Å². The highest BCUT2D eigenvalue weighted by molar-refractivity contribution is 5.20. The number of aryl methyl sites for hydroxylation is 1. The van der Waals surface area contributed by atoms with E-state index in [-0.39, 0.29) is 0 Å². The summed E-state index contributed by atoms with van der Waals surface area (Å²) in [7, 11) is 2.14. The zero-order chi connectivity index (χ0) is 15.2. The molecule has 4 heteroatoms. The van der Waals surface area contributed by atoms with E-state index in [1.54, 1.807) is 0 Å². The van der Waals surface area contributed by atoms with Gasteiger partial charge in [0, 0.05) is 13.2 Å². The summed E-state index contributed by atoms with van der Waals surface area (Å²) in [6.45, 7) is 11.2. The molecule has 1 saturated heterocycles. The number of furan rings is 1. The van der Waals surface area contributed by atoms with E-state index in [1.807, 2.05) is 0 Å². The Balaban J connectivity index is 1.80. The van der Waals surface area contributed by atoms with Crippen LogP contribution in [0.3, 0.4) is 0 Å². The molecule has 1 aliphatic heterocycles. The second-order valence-electron chi connectivity index (χ2n) is 6.68. The monoisotopic (exact) mass is 294 g/mol. The number of hydrogen-bond acceptors (Lipinski definition) is 4. The fourth-order valence-corrected chi connectivity index (χ4v) is 2.78. The second kappa shape index (κ2) is 7.97. The van der Waals surface area contributed by atoms with Crippen molar-refractivity contribution in [1.29, 1.82) is 0 Å². The molecule has 2 rings (SSSR count). The summed E-state index contributed by atoms with van der Waals surface area (Å²) in [5.74, 6) is 2.78. The van der Waals surface area contributed by atoms with E-state index < -0.39 is 0 Å². The molecule has 1 fully saturated rings. The SMILES string of the molecule is Cc1cc(CN(C)CC2CCCO2)oc1CNCC(C)C. The molecule has 120 valence electrons. The number of hydrogen-bond donors (Lipinski definition) is 1. The first-order chi connectivity index (χ1) is 10.0. The van der Waals surface area contributed by atoms with Crippen LogP contribution in [0.1, 0.15) is 43.8 Å². The Morgan fingerprint density at radius 1 is 1.43 bits per heavy atom. The third-order valence-electron chi connectivity index (χ3n) is 3.87. The fourth-order valence-electron chi connectivity index (χ4n) is 2.78. The highest BCUT2D eigenvalue weighted by Gasteiger charge is 2.18. The summed E-state index contributed by atoms with van der Waals surface area (Å²) in [4.78, 5) is 2.29. The number of likely N-dealkylation sites (N-methyl/N-ethyl adjacent to an activating group) is 1.